The second kappa shape index (κ2) is 28.9. The molecule has 4 bridgehead atoms. The summed E-state index contributed by atoms with van der Waals surface area (Å²) in [5, 5.41) is 43.3. The number of Topliss-reactive ketones (excluding diaryl/α,β-unsaturated/α-hetero) is 3. The van der Waals surface area contributed by atoms with Crippen LogP contribution in [0, 0.1) is 11.8 Å². The summed E-state index contributed by atoms with van der Waals surface area (Å²) >= 11 is 0. The molecule has 71 heavy (non-hydrogen) atoms. The van der Waals surface area contributed by atoms with Crippen molar-refractivity contribution in [2.24, 2.45) is 11.8 Å². The van der Waals surface area contributed by atoms with Gasteiger partial charge < -0.3 is 41.2 Å². The van der Waals surface area contributed by atoms with Crippen molar-refractivity contribution < 1.29 is 59.7 Å². The number of ketones is 3. The number of fused-ring (bicyclic) bond motifs is 5. The smallest absolute Gasteiger partial charge is 0.326 e. The van der Waals surface area contributed by atoms with Crippen molar-refractivity contribution in [1.29, 1.82) is 0 Å². The summed E-state index contributed by atoms with van der Waals surface area (Å²) in [6, 6.07) is 22.3. The van der Waals surface area contributed by atoms with Crippen molar-refractivity contribution in [3.8, 4) is 33.8 Å². The Kier molecular flexibility index (Phi) is 23.1. The van der Waals surface area contributed by atoms with Gasteiger partial charge in [-0.1, -0.05) is 113 Å². The fourth-order valence-electron chi connectivity index (χ4n) is 9.01. The number of aromatic hydroxyl groups is 2. The zero-order valence-electron chi connectivity index (χ0n) is 41.9. The van der Waals surface area contributed by atoms with Gasteiger partial charge in [0.25, 0.3) is 0 Å². The molecular formula is C57H73N3O11. The van der Waals surface area contributed by atoms with Gasteiger partial charge in [0.05, 0.1) is 6.54 Å². The molecular weight excluding hydrogens is 903 g/mol. The Morgan fingerprint density at radius 3 is 1.97 bits per heavy atom. The number of likely N-dealkylation sites (N-methyl/N-ethyl adjacent to an activating group) is 1. The monoisotopic (exact) mass is 976 g/mol. The van der Waals surface area contributed by atoms with Crippen LogP contribution in [0.25, 0.3) is 22.3 Å². The van der Waals surface area contributed by atoms with Gasteiger partial charge in [0.1, 0.15) is 29.4 Å². The Morgan fingerprint density at radius 1 is 0.761 bits per heavy atom. The number of hydrogen-bond acceptors (Lipinski definition) is 10. The molecule has 7 N–H and O–H groups in total. The highest BCUT2D eigenvalue weighted by molar-refractivity contribution is 5.97. The Hall–Kier alpha value is -6.67. The second-order valence-corrected chi connectivity index (χ2v) is 18.9. The average molecular weight is 976 g/mol. The van der Waals surface area contributed by atoms with Crippen molar-refractivity contribution in [3.63, 3.8) is 0 Å². The normalized spacial score (nSPS) is 16.1. The average Bonchev–Trinajstić information content (AvgIpc) is 3.33. The summed E-state index contributed by atoms with van der Waals surface area (Å²) in [6.45, 7) is 5.35. The standard InChI is InChI=1S/C55H69N3O9.C2H4O2/c1-4-5-6-7-8-9-10-14-37-18-21-39(22-19-37)40-23-25-41(26-24-40)48(60)17-13-16-44(59)34-43(15-11-12-30-56)54(65)58(3)52-42-27-29-50(62)46(35-42)45-32-38(20-28-49(45)61)33-47(55(66)67)57-53(64)36(2)31-51(52)63;1-2(3)4/h18-29,32,35-36,43,47,52,61-62H,4-17,30-31,33-34,56H2,1-3H3,(H,57,64)(H,66,67);1H3,(H,3,4)/t36-,43-,47+,52+;/m1./s1. The van der Waals surface area contributed by atoms with Gasteiger partial charge >= 0.3 is 5.97 Å². The minimum atomic E-state index is -1.34. The largest absolute Gasteiger partial charge is 0.550 e. The van der Waals surface area contributed by atoms with Crippen molar-refractivity contribution in [2.45, 2.75) is 142 Å². The van der Waals surface area contributed by atoms with E-state index in [0.29, 0.717) is 42.5 Å². The fourth-order valence-corrected chi connectivity index (χ4v) is 9.01. The lowest BCUT2D eigenvalue weighted by molar-refractivity contribution is -0.368. The molecule has 0 radical (unpaired) electrons. The number of phenols is 2. The lowest BCUT2D eigenvalue weighted by Crippen LogP contribution is -2.50. The van der Waals surface area contributed by atoms with Crippen molar-refractivity contribution in [3.05, 3.63) is 107 Å². The van der Waals surface area contributed by atoms with E-state index in [9.17, 15) is 44.1 Å². The molecule has 5 rings (SSSR count). The zero-order chi connectivity index (χ0) is 52.0. The molecule has 1 aliphatic heterocycles. The summed E-state index contributed by atoms with van der Waals surface area (Å²) in [5.74, 6) is -6.45. The summed E-state index contributed by atoms with van der Waals surface area (Å²) in [5.41, 5.74) is 9.01. The number of carboxylic acid groups (broad SMARTS) is 2. The van der Waals surface area contributed by atoms with E-state index in [0.717, 1.165) is 30.9 Å². The molecule has 0 saturated carbocycles. The van der Waals surface area contributed by atoms with Crippen LogP contribution in [0.5, 0.6) is 11.5 Å². The maximum atomic E-state index is 14.5. The molecule has 14 nitrogen and oxygen atoms in total. The third-order valence-electron chi connectivity index (χ3n) is 13.0. The van der Waals surface area contributed by atoms with Gasteiger partial charge in [-0.2, -0.15) is 0 Å². The highest BCUT2D eigenvalue weighted by Crippen LogP contribution is 2.40. The van der Waals surface area contributed by atoms with Crippen LogP contribution >= 0.6 is 0 Å². The van der Waals surface area contributed by atoms with Gasteiger partial charge in [-0.05, 0) is 97.5 Å². The van der Waals surface area contributed by atoms with E-state index in [1.54, 1.807) is 0 Å². The van der Waals surface area contributed by atoms with Crippen LogP contribution in [0.2, 0.25) is 0 Å². The van der Waals surface area contributed by atoms with E-state index in [1.165, 1.54) is 106 Å². The highest BCUT2D eigenvalue weighted by Gasteiger charge is 2.36. The van der Waals surface area contributed by atoms with Crippen molar-refractivity contribution in [2.75, 3.05) is 13.6 Å². The van der Waals surface area contributed by atoms with E-state index >= 15 is 0 Å². The Bertz CT molecular complexity index is 2430. The third-order valence-corrected chi connectivity index (χ3v) is 13.0. The van der Waals surface area contributed by atoms with Gasteiger partial charge in [-0.25, -0.2) is 4.79 Å². The number of hydrogen-bond donors (Lipinski definition) is 5. The molecule has 4 aromatic carbocycles. The van der Waals surface area contributed by atoms with Crippen LogP contribution in [0.4, 0.5) is 0 Å². The number of carbonyl (C=O) groups is 7. The minimum Gasteiger partial charge on any atom is -0.550 e. The van der Waals surface area contributed by atoms with Crippen LogP contribution in [0.1, 0.15) is 150 Å². The van der Waals surface area contributed by atoms with Crippen molar-refractivity contribution >= 4 is 41.1 Å². The highest BCUT2D eigenvalue weighted by atomic mass is 16.4. The molecule has 2 amide bonds. The van der Waals surface area contributed by atoms with Crippen molar-refractivity contribution in [1.82, 2.24) is 10.2 Å². The molecule has 0 aliphatic carbocycles. The number of benzene rings is 4. The molecule has 4 atom stereocenters. The van der Waals surface area contributed by atoms with Gasteiger partial charge in [-0.3, -0.25) is 24.0 Å². The number of carboxylic acids is 2. The first-order chi connectivity index (χ1) is 33.9. The molecule has 0 fully saturated rings. The van der Waals surface area contributed by atoms with Crippen LogP contribution < -0.4 is 16.2 Å². The maximum Gasteiger partial charge on any atom is 0.326 e. The van der Waals surface area contributed by atoms with Gasteiger partial charge in [0.15, 0.2) is 11.6 Å². The lowest BCUT2D eigenvalue weighted by Gasteiger charge is -2.32. The van der Waals surface area contributed by atoms with E-state index in [1.807, 2.05) is 24.3 Å². The Balaban J connectivity index is 0.00000263. The molecule has 0 saturated heterocycles. The van der Waals surface area contributed by atoms with Gasteiger partial charge in [-0.15, -0.1) is 0 Å². The number of quaternary nitrogens is 1. The maximum absolute atomic E-state index is 14.5. The lowest BCUT2D eigenvalue weighted by atomic mass is 9.88. The number of nitrogens with zero attached hydrogens (tertiary/aromatic N) is 1. The van der Waals surface area contributed by atoms with Gasteiger partial charge in [0, 0.05) is 73.6 Å². The van der Waals surface area contributed by atoms with E-state index in [4.69, 9.17) is 9.90 Å². The number of phenolic OH excluding ortho intramolecular Hbond substituents is 2. The van der Waals surface area contributed by atoms with Gasteiger partial charge in [0.2, 0.25) is 11.8 Å². The number of unbranched alkanes of at least 4 members (excludes halogenated alkanes) is 7. The predicted molar refractivity (Wildman–Crippen MR) is 270 cm³/mol. The number of aryl methyl sites for hydroxylation is 1. The summed E-state index contributed by atoms with van der Waals surface area (Å²) in [7, 11) is 1.47. The molecule has 1 aliphatic rings. The van der Waals surface area contributed by atoms with Crippen LogP contribution in [-0.2, 0) is 41.6 Å². The summed E-state index contributed by atoms with van der Waals surface area (Å²) < 4.78 is 0. The molecule has 382 valence electrons. The summed E-state index contributed by atoms with van der Waals surface area (Å²) in [6.07, 6.45) is 11.7. The molecule has 1 heterocycles. The zero-order valence-corrected chi connectivity index (χ0v) is 41.9. The molecule has 0 spiro atoms. The molecule has 4 aromatic rings. The predicted octanol–water partition coefficient (Wildman–Crippen LogP) is 7.74. The van der Waals surface area contributed by atoms with Crippen LogP contribution in [0.15, 0.2) is 84.9 Å². The SMILES string of the molecule is CC(=O)[O-].CCCCCCCCCc1ccc(-c2ccc(C(=O)CCCC(=O)C[C@@H](CCCC[NH3+])C(=O)N(C)[C@@H]3C(=O)C[C@@H](C)C(=O)N[C@H](C(=O)O)Cc4ccc(O)c(c4)-c4cc3ccc4O)cc2)cc1. The van der Waals surface area contributed by atoms with E-state index in [2.05, 4.69) is 42.2 Å². The Labute approximate surface area is 418 Å². The topological polar surface area (TPSA) is 246 Å². The minimum absolute atomic E-state index is 0.0748. The first kappa shape index (κ1) is 56.9. The van der Waals surface area contributed by atoms with Crippen LogP contribution in [0.3, 0.4) is 0 Å². The number of aliphatic carboxylic acids is 2. The second-order valence-electron chi connectivity index (χ2n) is 18.9. The molecule has 0 unspecified atom stereocenters. The number of carbonyl (C=O) groups excluding carboxylic acids is 6. The summed E-state index contributed by atoms with van der Waals surface area (Å²) in [4.78, 5) is 91.4. The third kappa shape index (κ3) is 17.9. The van der Waals surface area contributed by atoms with E-state index < -0.39 is 53.5 Å². The quantitative estimate of drug-likeness (QED) is 0.0355. The number of amides is 2. The molecule has 14 heteroatoms. The fraction of sp³-hybridized carbons (Fsp3) is 0.456. The number of nitrogens with one attached hydrogen (secondary N) is 1. The van der Waals surface area contributed by atoms with E-state index in [-0.39, 0.29) is 66.3 Å². The number of rotatable bonds is 23. The first-order valence-electron chi connectivity index (χ1n) is 25.1. The van der Waals surface area contributed by atoms with Crippen LogP contribution in [-0.4, -0.2) is 81.0 Å². The Morgan fingerprint density at radius 2 is 1.35 bits per heavy atom. The molecule has 0 aromatic heterocycles. The first-order valence-corrected chi connectivity index (χ1v) is 25.1.